The largest absolute Gasteiger partial charge is 0.398 e. The topological polar surface area (TPSA) is 38.9 Å². The van der Waals surface area contributed by atoms with Crippen LogP contribution in [0.2, 0.25) is 0 Å². The van der Waals surface area contributed by atoms with E-state index in [1.54, 1.807) is 6.08 Å². The fourth-order valence-corrected chi connectivity index (χ4v) is 2.31. The minimum Gasteiger partial charge on any atom is -0.398 e. The van der Waals surface area contributed by atoms with Crippen molar-refractivity contribution in [2.75, 3.05) is 5.73 Å². The monoisotopic (exact) mass is 214 g/mol. The molecule has 0 fully saturated rings. The van der Waals surface area contributed by atoms with Crippen LogP contribution in [0.1, 0.15) is 42.3 Å². The Hall–Kier alpha value is -1.57. The Kier molecular flexibility index (Phi) is 3.09. The van der Waals surface area contributed by atoms with Crippen LogP contribution in [-0.2, 0) is 12.8 Å². The average molecular weight is 214 g/mol. The van der Waals surface area contributed by atoms with Gasteiger partial charge in [0.05, 0.1) is 5.69 Å². The average Bonchev–Trinajstić information content (AvgIpc) is 2.33. The molecule has 0 radical (unpaired) electrons. The zero-order chi connectivity index (χ0) is 11.5. The van der Waals surface area contributed by atoms with E-state index in [0.29, 0.717) is 0 Å². The summed E-state index contributed by atoms with van der Waals surface area (Å²) in [6, 6.07) is 0. The lowest BCUT2D eigenvalue weighted by Gasteiger charge is -2.19. The minimum atomic E-state index is 0.901. The van der Waals surface area contributed by atoms with Gasteiger partial charge in [-0.05, 0) is 44.2 Å². The molecule has 0 unspecified atom stereocenters. The molecule has 1 aromatic rings. The highest BCUT2D eigenvalue weighted by Gasteiger charge is 2.17. The molecule has 0 saturated heterocycles. The summed E-state index contributed by atoms with van der Waals surface area (Å²) in [6.07, 6.45) is 10.4. The van der Waals surface area contributed by atoms with Gasteiger partial charge in [-0.2, -0.15) is 0 Å². The van der Waals surface area contributed by atoms with Gasteiger partial charge < -0.3 is 5.73 Å². The van der Waals surface area contributed by atoms with E-state index in [-0.39, 0.29) is 0 Å². The molecule has 0 amide bonds. The third-order valence-electron chi connectivity index (χ3n) is 3.11. The van der Waals surface area contributed by atoms with Crippen LogP contribution in [0.3, 0.4) is 0 Å². The van der Waals surface area contributed by atoms with Gasteiger partial charge in [0.25, 0.3) is 0 Å². The van der Waals surface area contributed by atoms with Crippen LogP contribution >= 0.6 is 0 Å². The SMILES string of the molecule is C=Cc1nc2c(c(N)c1/C=C\C)CCCC2. The molecule has 2 rings (SSSR count). The summed E-state index contributed by atoms with van der Waals surface area (Å²) in [5.74, 6) is 0. The van der Waals surface area contributed by atoms with Gasteiger partial charge in [-0.15, -0.1) is 0 Å². The van der Waals surface area contributed by atoms with Crippen molar-refractivity contribution in [3.8, 4) is 0 Å². The number of allylic oxidation sites excluding steroid dienone is 1. The highest BCUT2D eigenvalue weighted by molar-refractivity contribution is 5.75. The fraction of sp³-hybridized carbons (Fsp3) is 0.357. The molecule has 1 heterocycles. The lowest BCUT2D eigenvalue weighted by molar-refractivity contribution is 0.668. The second-order valence-electron chi connectivity index (χ2n) is 4.16. The van der Waals surface area contributed by atoms with Gasteiger partial charge in [0, 0.05) is 16.9 Å². The molecule has 16 heavy (non-hydrogen) atoms. The molecule has 0 aliphatic heterocycles. The normalized spacial score (nSPS) is 15.1. The molecule has 0 saturated carbocycles. The van der Waals surface area contributed by atoms with E-state index in [4.69, 9.17) is 5.73 Å². The van der Waals surface area contributed by atoms with Crippen molar-refractivity contribution in [1.29, 1.82) is 0 Å². The Labute approximate surface area is 96.9 Å². The van der Waals surface area contributed by atoms with Crippen molar-refractivity contribution >= 4 is 17.8 Å². The van der Waals surface area contributed by atoms with E-state index >= 15 is 0 Å². The second kappa shape index (κ2) is 4.52. The number of nitrogens with two attached hydrogens (primary N) is 1. The predicted molar refractivity (Wildman–Crippen MR) is 70.1 cm³/mol. The third-order valence-corrected chi connectivity index (χ3v) is 3.11. The zero-order valence-electron chi connectivity index (χ0n) is 9.79. The maximum atomic E-state index is 6.23. The first kappa shape index (κ1) is 10.9. The number of hydrogen-bond donors (Lipinski definition) is 1. The molecule has 0 spiro atoms. The Bertz CT molecular complexity index is 445. The lowest BCUT2D eigenvalue weighted by Crippen LogP contribution is -2.11. The Morgan fingerprint density at radius 2 is 2.06 bits per heavy atom. The second-order valence-corrected chi connectivity index (χ2v) is 4.16. The Balaban J connectivity index is 2.64. The van der Waals surface area contributed by atoms with Crippen molar-refractivity contribution in [2.24, 2.45) is 0 Å². The van der Waals surface area contributed by atoms with Crippen LogP contribution in [0.4, 0.5) is 5.69 Å². The van der Waals surface area contributed by atoms with Gasteiger partial charge in [0.15, 0.2) is 0 Å². The number of hydrogen-bond acceptors (Lipinski definition) is 2. The lowest BCUT2D eigenvalue weighted by atomic mass is 9.92. The van der Waals surface area contributed by atoms with Crippen LogP contribution < -0.4 is 5.73 Å². The third kappa shape index (κ3) is 1.75. The Morgan fingerprint density at radius 3 is 2.75 bits per heavy atom. The molecular formula is C14H18N2. The number of pyridine rings is 1. The van der Waals surface area contributed by atoms with Crippen molar-refractivity contribution in [1.82, 2.24) is 4.98 Å². The van der Waals surface area contributed by atoms with Gasteiger partial charge in [-0.1, -0.05) is 18.7 Å². The number of rotatable bonds is 2. The number of fused-ring (bicyclic) bond motifs is 1. The van der Waals surface area contributed by atoms with E-state index in [2.05, 4.69) is 11.6 Å². The van der Waals surface area contributed by atoms with E-state index in [0.717, 1.165) is 29.8 Å². The summed E-state index contributed by atoms with van der Waals surface area (Å²) >= 11 is 0. The van der Waals surface area contributed by atoms with E-state index < -0.39 is 0 Å². The van der Waals surface area contributed by atoms with Crippen molar-refractivity contribution in [2.45, 2.75) is 32.6 Å². The van der Waals surface area contributed by atoms with E-state index in [1.807, 2.05) is 19.1 Å². The predicted octanol–water partition coefficient (Wildman–Crippen LogP) is 3.22. The van der Waals surface area contributed by atoms with Gasteiger partial charge in [-0.25, -0.2) is 0 Å². The van der Waals surface area contributed by atoms with Gasteiger partial charge in [0.1, 0.15) is 0 Å². The molecule has 0 atom stereocenters. The molecule has 0 aromatic carbocycles. The van der Waals surface area contributed by atoms with Crippen LogP contribution in [0.5, 0.6) is 0 Å². The summed E-state index contributed by atoms with van der Waals surface area (Å²) in [5.41, 5.74) is 11.5. The maximum absolute atomic E-state index is 6.23. The fourth-order valence-electron chi connectivity index (χ4n) is 2.31. The zero-order valence-corrected chi connectivity index (χ0v) is 9.79. The number of nitrogen functional groups attached to an aromatic ring is 1. The van der Waals surface area contributed by atoms with Crippen LogP contribution in [0, 0.1) is 0 Å². The maximum Gasteiger partial charge on any atom is 0.0720 e. The van der Waals surface area contributed by atoms with Crippen molar-refractivity contribution in [3.05, 3.63) is 35.2 Å². The first-order valence-electron chi connectivity index (χ1n) is 5.84. The first-order chi connectivity index (χ1) is 7.77. The summed E-state index contributed by atoms with van der Waals surface area (Å²) < 4.78 is 0. The number of aryl methyl sites for hydroxylation is 1. The van der Waals surface area contributed by atoms with Gasteiger partial charge >= 0.3 is 0 Å². The van der Waals surface area contributed by atoms with E-state index in [1.165, 1.54) is 24.1 Å². The van der Waals surface area contributed by atoms with Gasteiger partial charge in [0.2, 0.25) is 0 Å². The molecule has 2 N–H and O–H groups in total. The van der Waals surface area contributed by atoms with Crippen LogP contribution in [0.25, 0.3) is 12.2 Å². The Morgan fingerprint density at radius 1 is 1.31 bits per heavy atom. The quantitative estimate of drug-likeness (QED) is 0.821. The first-order valence-corrected chi connectivity index (χ1v) is 5.84. The summed E-state index contributed by atoms with van der Waals surface area (Å²) in [5, 5.41) is 0. The molecule has 2 nitrogen and oxygen atoms in total. The molecule has 0 bridgehead atoms. The number of nitrogens with zero attached hydrogens (tertiary/aromatic N) is 1. The molecular weight excluding hydrogens is 196 g/mol. The number of anilines is 1. The summed E-state index contributed by atoms with van der Waals surface area (Å²) in [7, 11) is 0. The number of aromatic nitrogens is 1. The summed E-state index contributed by atoms with van der Waals surface area (Å²) in [6.45, 7) is 5.80. The summed E-state index contributed by atoms with van der Waals surface area (Å²) in [4.78, 5) is 4.66. The highest BCUT2D eigenvalue weighted by atomic mass is 14.8. The standard InChI is InChI=1S/C14H18N2/c1-3-7-10-12(4-2)16-13-9-6-5-8-11(13)14(10)15/h3-4,7H,2,5-6,8-9H2,1H3,(H2,15,16)/b7-3-. The molecule has 1 aromatic heterocycles. The molecule has 1 aliphatic carbocycles. The molecule has 2 heteroatoms. The van der Waals surface area contributed by atoms with E-state index in [9.17, 15) is 0 Å². The molecule has 1 aliphatic rings. The smallest absolute Gasteiger partial charge is 0.0720 e. The highest BCUT2D eigenvalue weighted by Crippen LogP contribution is 2.30. The van der Waals surface area contributed by atoms with Crippen molar-refractivity contribution in [3.63, 3.8) is 0 Å². The van der Waals surface area contributed by atoms with Crippen LogP contribution in [-0.4, -0.2) is 4.98 Å². The van der Waals surface area contributed by atoms with Crippen LogP contribution in [0.15, 0.2) is 12.7 Å². The molecule has 84 valence electrons. The minimum absolute atomic E-state index is 0.901. The van der Waals surface area contributed by atoms with Gasteiger partial charge in [-0.3, -0.25) is 4.98 Å². The van der Waals surface area contributed by atoms with Crippen molar-refractivity contribution < 1.29 is 0 Å².